The van der Waals surface area contributed by atoms with Crippen molar-refractivity contribution < 1.29 is 27.5 Å². The van der Waals surface area contributed by atoms with Crippen molar-refractivity contribution in [3.8, 4) is 11.5 Å². The number of nitrogens with zero attached hydrogens (tertiary/aromatic N) is 2. The molecule has 1 N–H and O–H groups in total. The monoisotopic (exact) mass is 731 g/mol. The maximum atomic E-state index is 14.7. The Morgan fingerprint density at radius 1 is 0.812 bits per heavy atom. The van der Waals surface area contributed by atoms with Gasteiger partial charge >= 0.3 is 0 Å². The van der Waals surface area contributed by atoms with Crippen molar-refractivity contribution in [3.05, 3.63) is 119 Å². The Kier molecular flexibility index (Phi) is 10.7. The van der Waals surface area contributed by atoms with Crippen LogP contribution >= 0.6 is 15.9 Å². The van der Waals surface area contributed by atoms with E-state index in [4.69, 9.17) is 9.47 Å². The molecule has 2 amide bonds. The Morgan fingerprint density at radius 2 is 1.48 bits per heavy atom. The highest BCUT2D eigenvalue weighted by atomic mass is 79.9. The number of fused-ring (bicyclic) bond motifs is 1. The maximum Gasteiger partial charge on any atom is 0.264 e. The van der Waals surface area contributed by atoms with E-state index in [0.29, 0.717) is 24.7 Å². The second kappa shape index (κ2) is 15.3. The van der Waals surface area contributed by atoms with E-state index >= 15 is 0 Å². The lowest BCUT2D eigenvalue weighted by molar-refractivity contribution is -0.140. The molecule has 1 aliphatic carbocycles. The molecule has 0 radical (unpaired) electrons. The fraction of sp³-hybridized carbons (Fsp3) is 0.297. The Balaban J connectivity index is 1.41. The second-order valence-electron chi connectivity index (χ2n) is 12.0. The molecule has 6 rings (SSSR count). The number of hydrogen-bond donors (Lipinski definition) is 1. The largest absolute Gasteiger partial charge is 0.486 e. The van der Waals surface area contributed by atoms with Crippen molar-refractivity contribution in [1.82, 2.24) is 10.2 Å². The number of anilines is 1. The molecule has 1 aliphatic heterocycles. The third-order valence-corrected chi connectivity index (χ3v) is 10.9. The quantitative estimate of drug-likeness (QED) is 0.189. The van der Waals surface area contributed by atoms with Crippen LogP contribution in [0.15, 0.2) is 112 Å². The topological polar surface area (TPSA) is 105 Å². The lowest BCUT2D eigenvalue weighted by atomic mass is 10.0. The van der Waals surface area contributed by atoms with Gasteiger partial charge in [0.05, 0.1) is 10.6 Å². The van der Waals surface area contributed by atoms with E-state index < -0.39 is 28.5 Å². The maximum absolute atomic E-state index is 14.7. The Labute approximate surface area is 290 Å². The van der Waals surface area contributed by atoms with Crippen molar-refractivity contribution in [2.24, 2.45) is 0 Å². The van der Waals surface area contributed by atoms with Gasteiger partial charge in [-0.25, -0.2) is 8.42 Å². The number of rotatable bonds is 12. The Morgan fingerprint density at radius 3 is 2.19 bits per heavy atom. The van der Waals surface area contributed by atoms with Crippen molar-refractivity contribution in [2.75, 3.05) is 24.1 Å². The fourth-order valence-corrected chi connectivity index (χ4v) is 8.06. The average Bonchev–Trinajstić information content (AvgIpc) is 3.62. The summed E-state index contributed by atoms with van der Waals surface area (Å²) in [6.07, 6.45) is 4.11. The van der Waals surface area contributed by atoms with Gasteiger partial charge in [-0.3, -0.25) is 13.9 Å². The number of carbonyl (C=O) groups excluding carboxylic acids is 2. The zero-order valence-corrected chi connectivity index (χ0v) is 28.9. The van der Waals surface area contributed by atoms with Gasteiger partial charge in [0.25, 0.3) is 10.0 Å². The van der Waals surface area contributed by atoms with Crippen LogP contribution in [-0.4, -0.2) is 57.0 Å². The number of ether oxygens (including phenoxy) is 2. The lowest BCUT2D eigenvalue weighted by Crippen LogP contribution is -2.54. The Hall–Kier alpha value is -4.35. The third kappa shape index (κ3) is 8.02. The van der Waals surface area contributed by atoms with Crippen LogP contribution in [0, 0.1) is 0 Å². The highest BCUT2D eigenvalue weighted by Gasteiger charge is 2.36. The molecule has 0 unspecified atom stereocenters. The predicted molar refractivity (Wildman–Crippen MR) is 187 cm³/mol. The number of nitrogens with one attached hydrogen (secondary N) is 1. The summed E-state index contributed by atoms with van der Waals surface area (Å²) in [5.74, 6) is 0.109. The van der Waals surface area contributed by atoms with E-state index in [0.717, 1.165) is 45.6 Å². The van der Waals surface area contributed by atoms with Crippen LogP contribution < -0.4 is 19.1 Å². The first-order chi connectivity index (χ1) is 23.3. The highest BCUT2D eigenvalue weighted by Crippen LogP contribution is 2.36. The predicted octanol–water partition coefficient (Wildman–Crippen LogP) is 6.11. The first-order valence-corrected chi connectivity index (χ1v) is 18.4. The van der Waals surface area contributed by atoms with Crippen LogP contribution in [-0.2, 0) is 32.6 Å². The summed E-state index contributed by atoms with van der Waals surface area (Å²) < 4.78 is 41.9. The third-order valence-electron chi connectivity index (χ3n) is 8.64. The number of halogens is 1. The van der Waals surface area contributed by atoms with Crippen LogP contribution in [0.5, 0.6) is 11.5 Å². The molecule has 1 fully saturated rings. The average molecular weight is 733 g/mol. The van der Waals surface area contributed by atoms with E-state index in [-0.39, 0.29) is 35.5 Å². The second-order valence-corrected chi connectivity index (χ2v) is 14.8. The summed E-state index contributed by atoms with van der Waals surface area (Å²) in [5.41, 5.74) is 1.92. The molecule has 1 atom stereocenters. The highest BCUT2D eigenvalue weighted by molar-refractivity contribution is 9.10. The molecule has 1 saturated carbocycles. The fourth-order valence-electron chi connectivity index (χ4n) is 6.19. The summed E-state index contributed by atoms with van der Waals surface area (Å²) in [4.78, 5) is 30.4. The van der Waals surface area contributed by atoms with Crippen LogP contribution in [0.4, 0.5) is 5.69 Å². The van der Waals surface area contributed by atoms with E-state index in [1.165, 1.54) is 17.0 Å². The van der Waals surface area contributed by atoms with Gasteiger partial charge in [0, 0.05) is 29.5 Å². The molecular formula is C37H38BrN3O6S. The molecule has 4 aromatic rings. The van der Waals surface area contributed by atoms with Crippen LogP contribution in [0.25, 0.3) is 0 Å². The van der Waals surface area contributed by atoms with E-state index in [9.17, 15) is 18.0 Å². The zero-order valence-electron chi connectivity index (χ0n) is 26.5. The molecule has 9 nitrogen and oxygen atoms in total. The van der Waals surface area contributed by atoms with Crippen LogP contribution in [0.1, 0.15) is 36.8 Å². The molecule has 0 aromatic heterocycles. The Bertz CT molecular complexity index is 1830. The molecule has 4 aromatic carbocycles. The number of amides is 2. The normalized spacial score (nSPS) is 15.0. The van der Waals surface area contributed by atoms with Crippen molar-refractivity contribution in [2.45, 2.75) is 55.6 Å². The molecule has 0 spiro atoms. The van der Waals surface area contributed by atoms with Crippen LogP contribution in [0.2, 0.25) is 0 Å². The molecule has 1 heterocycles. The first-order valence-electron chi connectivity index (χ1n) is 16.1. The molecule has 2 aliphatic rings. The van der Waals surface area contributed by atoms with Crippen LogP contribution in [0.3, 0.4) is 0 Å². The smallest absolute Gasteiger partial charge is 0.264 e. The number of sulfonamides is 1. The van der Waals surface area contributed by atoms with E-state index in [1.807, 2.05) is 54.6 Å². The van der Waals surface area contributed by atoms with Gasteiger partial charge in [0.1, 0.15) is 25.8 Å². The molecule has 48 heavy (non-hydrogen) atoms. The van der Waals surface area contributed by atoms with Crippen molar-refractivity contribution in [3.63, 3.8) is 0 Å². The number of carbonyl (C=O) groups is 2. The SMILES string of the molecule is O=C(NC1CCCC1)[C@@H](Cc1ccccc1)N(Cc1cccc(Br)c1)C(=O)CN(c1ccc2c(c1)OCCO2)S(=O)(=O)c1ccccc1. The standard InChI is InChI=1S/C37H38BrN3O6S/c38-29-13-9-12-28(22-29)25-40(33(23-27-10-3-1-4-11-27)37(43)39-30-14-7-8-15-30)36(42)26-41(48(44,45)32-16-5-2-6-17-32)31-18-19-34-35(24-31)47-21-20-46-34/h1-6,9-13,16-19,22,24,30,33H,7-8,14-15,20-21,23,25-26H2,(H,39,43)/t33-/m1/s1. The van der Waals surface area contributed by atoms with E-state index in [2.05, 4.69) is 21.2 Å². The molecule has 250 valence electrons. The van der Waals surface area contributed by atoms with Gasteiger partial charge < -0.3 is 19.7 Å². The minimum Gasteiger partial charge on any atom is -0.486 e. The summed E-state index contributed by atoms with van der Waals surface area (Å²) >= 11 is 3.53. The lowest BCUT2D eigenvalue weighted by Gasteiger charge is -2.34. The molecule has 0 saturated heterocycles. The minimum atomic E-state index is -4.23. The summed E-state index contributed by atoms with van der Waals surface area (Å²) in [6.45, 7) is 0.243. The summed E-state index contributed by atoms with van der Waals surface area (Å²) in [6, 6.07) is 29.1. The van der Waals surface area contributed by atoms with Gasteiger partial charge in [-0.15, -0.1) is 0 Å². The van der Waals surface area contributed by atoms with Gasteiger partial charge in [0.2, 0.25) is 11.8 Å². The van der Waals surface area contributed by atoms with E-state index in [1.54, 1.807) is 36.4 Å². The minimum absolute atomic E-state index is 0.0334. The molecular weight excluding hydrogens is 694 g/mol. The summed E-state index contributed by atoms with van der Waals surface area (Å²) in [5, 5.41) is 3.20. The molecule has 11 heteroatoms. The first kappa shape index (κ1) is 33.5. The number of benzene rings is 4. The number of hydrogen-bond acceptors (Lipinski definition) is 6. The van der Waals surface area contributed by atoms with Gasteiger partial charge in [-0.05, 0) is 60.4 Å². The summed E-state index contributed by atoms with van der Waals surface area (Å²) in [7, 11) is -4.23. The zero-order chi connectivity index (χ0) is 33.5. The van der Waals surface area contributed by atoms with Gasteiger partial charge in [0.15, 0.2) is 11.5 Å². The van der Waals surface area contributed by atoms with Gasteiger partial charge in [-0.2, -0.15) is 0 Å². The molecule has 0 bridgehead atoms. The van der Waals surface area contributed by atoms with Crippen molar-refractivity contribution >= 4 is 43.5 Å². The van der Waals surface area contributed by atoms with Crippen molar-refractivity contribution in [1.29, 1.82) is 0 Å². The van der Waals surface area contributed by atoms with Gasteiger partial charge in [-0.1, -0.05) is 89.4 Å².